The number of fused-ring (bicyclic) bond motifs is 1. The van der Waals surface area contributed by atoms with Gasteiger partial charge in [0.2, 0.25) is 0 Å². The second kappa shape index (κ2) is 6.22. The molecule has 0 saturated carbocycles. The first-order valence-electron chi connectivity index (χ1n) is 7.00. The lowest BCUT2D eigenvalue weighted by Gasteiger charge is -2.29. The van der Waals surface area contributed by atoms with Gasteiger partial charge in [-0.1, -0.05) is 35.3 Å². The second-order valence-electron chi connectivity index (χ2n) is 5.08. The second-order valence-corrected chi connectivity index (χ2v) is 5.90. The maximum Gasteiger partial charge on any atom is 0.263 e. The number of hydrogen-bond acceptors (Lipinski definition) is 3. The van der Waals surface area contributed by atoms with Crippen molar-refractivity contribution < 1.29 is 14.3 Å². The Morgan fingerprint density at radius 3 is 2.57 bits per heavy atom. The normalized spacial score (nSPS) is 13.7. The molecule has 3 rings (SSSR count). The zero-order chi connectivity index (χ0) is 16.6. The van der Waals surface area contributed by atoms with E-state index in [1.165, 1.54) is 12.0 Å². The minimum Gasteiger partial charge on any atom is -0.494 e. The number of anilines is 1. The van der Waals surface area contributed by atoms with E-state index in [9.17, 15) is 9.59 Å². The van der Waals surface area contributed by atoms with Crippen molar-refractivity contribution in [1.29, 1.82) is 0 Å². The van der Waals surface area contributed by atoms with Crippen LogP contribution in [0.2, 0.25) is 10.0 Å². The predicted molar refractivity (Wildman–Crippen MR) is 90.1 cm³/mol. The SMILES string of the molecule is COc1c(Cl)ccc(Cl)c1C(=O)N1CCC(=O)c2ccccc21. The van der Waals surface area contributed by atoms with Gasteiger partial charge in [-0.3, -0.25) is 9.59 Å². The first kappa shape index (κ1) is 15.8. The number of Topliss-reactive ketones (excluding diaryl/α,β-unsaturated/α-hetero) is 1. The van der Waals surface area contributed by atoms with Crippen molar-refractivity contribution in [2.75, 3.05) is 18.6 Å². The molecule has 0 N–H and O–H groups in total. The van der Waals surface area contributed by atoms with Crippen molar-refractivity contribution in [2.45, 2.75) is 6.42 Å². The number of carbonyl (C=O) groups excluding carboxylic acids is 2. The summed E-state index contributed by atoms with van der Waals surface area (Å²) in [4.78, 5) is 26.6. The van der Waals surface area contributed by atoms with Crippen LogP contribution in [0, 0.1) is 0 Å². The number of halogens is 2. The fraction of sp³-hybridized carbons (Fsp3) is 0.176. The quantitative estimate of drug-likeness (QED) is 0.814. The van der Waals surface area contributed by atoms with E-state index < -0.39 is 0 Å². The molecule has 118 valence electrons. The Morgan fingerprint density at radius 2 is 1.83 bits per heavy atom. The third-order valence-corrected chi connectivity index (χ3v) is 4.39. The van der Waals surface area contributed by atoms with Crippen molar-refractivity contribution in [2.24, 2.45) is 0 Å². The average Bonchev–Trinajstić information content (AvgIpc) is 2.56. The lowest BCUT2D eigenvalue weighted by molar-refractivity contribution is 0.0954. The Hall–Kier alpha value is -2.04. The topological polar surface area (TPSA) is 46.6 Å². The maximum atomic E-state index is 13.0. The first-order chi connectivity index (χ1) is 11.0. The van der Waals surface area contributed by atoms with Crippen LogP contribution in [-0.2, 0) is 0 Å². The third-order valence-electron chi connectivity index (χ3n) is 3.78. The standard InChI is InChI=1S/C17H13Cl2NO3/c1-23-16-12(19)7-6-11(18)15(16)17(22)20-9-8-14(21)10-4-2-3-5-13(10)20/h2-7H,8-9H2,1H3. The molecule has 0 saturated heterocycles. The molecule has 2 aromatic carbocycles. The third kappa shape index (κ3) is 2.69. The molecule has 1 heterocycles. The van der Waals surface area contributed by atoms with Gasteiger partial charge in [0.25, 0.3) is 5.91 Å². The van der Waals surface area contributed by atoms with Gasteiger partial charge in [-0.05, 0) is 24.3 Å². The lowest BCUT2D eigenvalue weighted by atomic mass is 9.99. The van der Waals surface area contributed by atoms with E-state index in [-0.39, 0.29) is 34.4 Å². The van der Waals surface area contributed by atoms with Crippen LogP contribution >= 0.6 is 23.2 Å². The Morgan fingerprint density at radius 1 is 1.13 bits per heavy atom. The highest BCUT2D eigenvalue weighted by Crippen LogP contribution is 2.37. The largest absolute Gasteiger partial charge is 0.494 e. The molecular formula is C17H13Cl2NO3. The molecule has 0 aliphatic carbocycles. The number of ether oxygens (including phenoxy) is 1. The van der Waals surface area contributed by atoms with Crippen LogP contribution in [0.4, 0.5) is 5.69 Å². The van der Waals surface area contributed by atoms with Crippen molar-refractivity contribution in [3.05, 3.63) is 57.6 Å². The summed E-state index contributed by atoms with van der Waals surface area (Å²) in [6.45, 7) is 0.292. The minimum absolute atomic E-state index is 0.0220. The summed E-state index contributed by atoms with van der Waals surface area (Å²) in [6.07, 6.45) is 0.267. The van der Waals surface area contributed by atoms with Gasteiger partial charge >= 0.3 is 0 Å². The highest BCUT2D eigenvalue weighted by Gasteiger charge is 2.31. The van der Waals surface area contributed by atoms with Gasteiger partial charge in [0.05, 0.1) is 22.8 Å². The summed E-state index contributed by atoms with van der Waals surface area (Å²) in [5.41, 5.74) is 1.31. The Kier molecular flexibility index (Phi) is 4.28. The van der Waals surface area contributed by atoms with Gasteiger partial charge in [0, 0.05) is 18.5 Å². The van der Waals surface area contributed by atoms with E-state index in [0.717, 1.165) is 0 Å². The number of para-hydroxylation sites is 1. The van der Waals surface area contributed by atoms with Crippen LogP contribution in [-0.4, -0.2) is 25.3 Å². The zero-order valence-corrected chi connectivity index (χ0v) is 13.8. The zero-order valence-electron chi connectivity index (χ0n) is 12.3. The molecule has 23 heavy (non-hydrogen) atoms. The smallest absolute Gasteiger partial charge is 0.263 e. The Labute approximate surface area is 143 Å². The molecule has 0 fully saturated rings. The van der Waals surface area contributed by atoms with Crippen molar-refractivity contribution in [3.8, 4) is 5.75 Å². The van der Waals surface area contributed by atoms with Crippen LogP contribution < -0.4 is 9.64 Å². The number of hydrogen-bond donors (Lipinski definition) is 0. The summed E-state index contributed by atoms with van der Waals surface area (Å²) in [6, 6.07) is 10.2. The molecule has 0 radical (unpaired) electrons. The molecule has 0 spiro atoms. The maximum absolute atomic E-state index is 13.0. The summed E-state index contributed by atoms with van der Waals surface area (Å²) < 4.78 is 5.25. The molecular weight excluding hydrogens is 337 g/mol. The molecule has 1 amide bonds. The molecule has 0 bridgehead atoms. The van der Waals surface area contributed by atoms with Gasteiger partial charge in [-0.25, -0.2) is 0 Å². The highest BCUT2D eigenvalue weighted by molar-refractivity contribution is 6.38. The number of methoxy groups -OCH3 is 1. The first-order valence-corrected chi connectivity index (χ1v) is 7.76. The van der Waals surface area contributed by atoms with Crippen LogP contribution in [0.5, 0.6) is 5.75 Å². The van der Waals surface area contributed by atoms with Crippen LogP contribution in [0.3, 0.4) is 0 Å². The van der Waals surface area contributed by atoms with Gasteiger partial charge < -0.3 is 9.64 Å². The van der Waals surface area contributed by atoms with E-state index in [4.69, 9.17) is 27.9 Å². The summed E-state index contributed by atoms with van der Waals surface area (Å²) in [7, 11) is 1.43. The molecule has 0 atom stereocenters. The molecule has 0 aromatic heterocycles. The Bertz CT molecular complexity index is 804. The van der Waals surface area contributed by atoms with Gasteiger partial charge in [-0.15, -0.1) is 0 Å². The monoisotopic (exact) mass is 349 g/mol. The molecule has 1 aliphatic rings. The van der Waals surface area contributed by atoms with E-state index in [1.807, 2.05) is 0 Å². The highest BCUT2D eigenvalue weighted by atomic mass is 35.5. The van der Waals surface area contributed by atoms with Crippen LogP contribution in [0.25, 0.3) is 0 Å². The number of ketones is 1. The summed E-state index contributed by atoms with van der Waals surface area (Å²) in [5.74, 6) is -0.0818. The van der Waals surface area contributed by atoms with E-state index >= 15 is 0 Å². The van der Waals surface area contributed by atoms with Crippen LogP contribution in [0.1, 0.15) is 27.1 Å². The van der Waals surface area contributed by atoms with Crippen molar-refractivity contribution in [3.63, 3.8) is 0 Å². The van der Waals surface area contributed by atoms with Crippen LogP contribution in [0.15, 0.2) is 36.4 Å². The van der Waals surface area contributed by atoms with E-state index in [1.54, 1.807) is 36.4 Å². The summed E-state index contributed by atoms with van der Waals surface area (Å²) >= 11 is 12.3. The number of nitrogens with zero attached hydrogens (tertiary/aromatic N) is 1. The van der Waals surface area contributed by atoms with Gasteiger partial charge in [-0.2, -0.15) is 0 Å². The number of carbonyl (C=O) groups is 2. The van der Waals surface area contributed by atoms with Gasteiger partial charge in [0.15, 0.2) is 11.5 Å². The predicted octanol–water partition coefficient (Wildman–Crippen LogP) is 4.24. The fourth-order valence-corrected chi connectivity index (χ4v) is 3.16. The number of rotatable bonds is 2. The average molecular weight is 350 g/mol. The number of benzene rings is 2. The molecule has 6 heteroatoms. The molecule has 0 unspecified atom stereocenters. The fourth-order valence-electron chi connectivity index (χ4n) is 2.69. The molecule has 2 aromatic rings. The summed E-state index contributed by atoms with van der Waals surface area (Å²) in [5, 5.41) is 0.562. The van der Waals surface area contributed by atoms with E-state index in [2.05, 4.69) is 0 Å². The number of amides is 1. The Balaban J connectivity index is 2.11. The lowest BCUT2D eigenvalue weighted by Crippen LogP contribution is -2.37. The van der Waals surface area contributed by atoms with Gasteiger partial charge in [0.1, 0.15) is 5.56 Å². The molecule has 4 nitrogen and oxygen atoms in total. The minimum atomic E-state index is -0.339. The van der Waals surface area contributed by atoms with Crippen molar-refractivity contribution >= 4 is 40.6 Å². The molecule has 1 aliphatic heterocycles. The van der Waals surface area contributed by atoms with E-state index in [0.29, 0.717) is 22.8 Å². The van der Waals surface area contributed by atoms with Crippen molar-refractivity contribution in [1.82, 2.24) is 0 Å².